The van der Waals surface area contributed by atoms with E-state index in [1.54, 1.807) is 6.07 Å². The summed E-state index contributed by atoms with van der Waals surface area (Å²) < 4.78 is 2.43. The first-order valence-electron chi connectivity index (χ1n) is 8.02. The molecule has 0 amide bonds. The topological polar surface area (TPSA) is 48.0 Å². The second-order valence-corrected chi connectivity index (χ2v) is 7.52. The highest BCUT2D eigenvalue weighted by Gasteiger charge is 2.51. The van der Waals surface area contributed by atoms with Gasteiger partial charge in [-0.25, -0.2) is 0 Å². The minimum atomic E-state index is 0.103. The van der Waals surface area contributed by atoms with Crippen molar-refractivity contribution in [3.8, 4) is 0 Å². The molecule has 4 saturated carbocycles. The largest absolute Gasteiger partial charge is 0.345 e. The van der Waals surface area contributed by atoms with Crippen LogP contribution in [0.25, 0.3) is 0 Å². The Labute approximate surface area is 120 Å². The maximum absolute atomic E-state index is 12.0. The van der Waals surface area contributed by atoms with Crippen molar-refractivity contribution in [2.45, 2.75) is 57.5 Å². The number of hydrogen-bond donors (Lipinski definition) is 1. The molecule has 1 heterocycles. The molecule has 20 heavy (non-hydrogen) atoms. The van der Waals surface area contributed by atoms with E-state index in [-0.39, 0.29) is 11.0 Å². The normalized spacial score (nSPS) is 38.4. The van der Waals surface area contributed by atoms with E-state index in [1.807, 2.05) is 0 Å². The van der Waals surface area contributed by atoms with Crippen LogP contribution in [0.2, 0.25) is 0 Å². The fourth-order valence-electron chi connectivity index (χ4n) is 5.70. The zero-order valence-corrected chi connectivity index (χ0v) is 12.3. The first-order chi connectivity index (χ1) is 9.59. The average molecular weight is 272 g/mol. The lowest BCUT2D eigenvalue weighted by atomic mass is 9.53. The summed E-state index contributed by atoms with van der Waals surface area (Å²) >= 11 is 0. The van der Waals surface area contributed by atoms with Crippen molar-refractivity contribution in [3.05, 3.63) is 33.7 Å². The van der Waals surface area contributed by atoms with Gasteiger partial charge in [-0.3, -0.25) is 4.79 Å². The number of aromatic nitrogens is 1. The van der Waals surface area contributed by atoms with Crippen molar-refractivity contribution in [2.75, 3.05) is 0 Å². The van der Waals surface area contributed by atoms with Crippen LogP contribution in [0.3, 0.4) is 0 Å². The molecule has 2 N–H and O–H groups in total. The molecular formula is C17H24N2O. The fourth-order valence-corrected chi connectivity index (χ4v) is 5.70. The monoisotopic (exact) mass is 272 g/mol. The predicted octanol–water partition coefficient (Wildman–Crippen LogP) is 2.54. The number of aryl methyl sites for hydroxylation is 1. The van der Waals surface area contributed by atoms with E-state index in [2.05, 4.69) is 17.7 Å². The van der Waals surface area contributed by atoms with Crippen LogP contribution >= 0.6 is 0 Å². The summed E-state index contributed by atoms with van der Waals surface area (Å²) in [6.45, 7) is 2.44. The third-order valence-electron chi connectivity index (χ3n) is 6.06. The molecular weight excluding hydrogens is 248 g/mol. The van der Waals surface area contributed by atoms with Crippen LogP contribution in [0.1, 0.15) is 49.8 Å². The zero-order valence-electron chi connectivity index (χ0n) is 12.3. The van der Waals surface area contributed by atoms with Crippen LogP contribution in [0.4, 0.5) is 0 Å². The molecule has 4 aliphatic rings. The fraction of sp³-hybridized carbons (Fsp3) is 0.706. The van der Waals surface area contributed by atoms with Gasteiger partial charge in [0.2, 0.25) is 0 Å². The van der Waals surface area contributed by atoms with Crippen LogP contribution in [0.5, 0.6) is 0 Å². The van der Waals surface area contributed by atoms with Gasteiger partial charge in [0.15, 0.2) is 5.43 Å². The van der Waals surface area contributed by atoms with E-state index in [1.165, 1.54) is 38.5 Å². The molecule has 0 saturated heterocycles. The van der Waals surface area contributed by atoms with E-state index >= 15 is 0 Å². The zero-order chi connectivity index (χ0) is 13.9. The van der Waals surface area contributed by atoms with Gasteiger partial charge in [0, 0.05) is 35.6 Å². The number of hydrogen-bond acceptors (Lipinski definition) is 2. The van der Waals surface area contributed by atoms with E-state index in [0.29, 0.717) is 6.54 Å². The van der Waals surface area contributed by atoms with Gasteiger partial charge in [0.25, 0.3) is 0 Å². The maximum atomic E-state index is 12.0. The summed E-state index contributed by atoms with van der Waals surface area (Å²) in [4.78, 5) is 12.0. The first-order valence-corrected chi connectivity index (χ1v) is 8.02. The molecule has 0 aliphatic heterocycles. The highest BCUT2D eigenvalue weighted by atomic mass is 16.1. The molecule has 0 unspecified atom stereocenters. The van der Waals surface area contributed by atoms with E-state index in [4.69, 9.17) is 5.73 Å². The Morgan fingerprint density at radius 2 is 1.75 bits per heavy atom. The summed E-state index contributed by atoms with van der Waals surface area (Å²) in [7, 11) is 0. The second kappa shape index (κ2) is 4.20. The van der Waals surface area contributed by atoms with Crippen LogP contribution < -0.4 is 11.2 Å². The number of pyridine rings is 1. The van der Waals surface area contributed by atoms with Gasteiger partial charge in [-0.15, -0.1) is 0 Å². The molecule has 0 aromatic carbocycles. The number of rotatable bonds is 2. The molecule has 0 spiro atoms. The average Bonchev–Trinajstić information content (AvgIpc) is 2.36. The Kier molecular flexibility index (Phi) is 2.65. The Bertz CT molecular complexity index is 566. The molecule has 0 atom stereocenters. The Hall–Kier alpha value is -1.09. The summed E-state index contributed by atoms with van der Waals surface area (Å²) in [6.07, 6.45) is 10.4. The van der Waals surface area contributed by atoms with Crippen molar-refractivity contribution < 1.29 is 0 Å². The van der Waals surface area contributed by atoms with Crippen molar-refractivity contribution in [1.29, 1.82) is 0 Å². The maximum Gasteiger partial charge on any atom is 0.186 e. The molecule has 3 heteroatoms. The van der Waals surface area contributed by atoms with Gasteiger partial charge < -0.3 is 10.3 Å². The second-order valence-electron chi connectivity index (χ2n) is 7.52. The quantitative estimate of drug-likeness (QED) is 0.899. The third kappa shape index (κ3) is 1.72. The lowest BCUT2D eigenvalue weighted by Gasteiger charge is -2.58. The highest BCUT2D eigenvalue weighted by molar-refractivity contribution is 5.19. The molecule has 4 bridgehead atoms. The van der Waals surface area contributed by atoms with Gasteiger partial charge >= 0.3 is 0 Å². The lowest BCUT2D eigenvalue weighted by Crippen LogP contribution is -2.52. The summed E-state index contributed by atoms with van der Waals surface area (Å²) in [5.74, 6) is 2.75. The molecule has 1 aromatic heterocycles. The molecule has 3 nitrogen and oxygen atoms in total. The first kappa shape index (κ1) is 12.6. The van der Waals surface area contributed by atoms with Gasteiger partial charge in [0.05, 0.1) is 0 Å². The summed E-state index contributed by atoms with van der Waals surface area (Å²) in [5, 5.41) is 0. The van der Waals surface area contributed by atoms with Crippen LogP contribution in [-0.2, 0) is 12.1 Å². The third-order valence-corrected chi connectivity index (χ3v) is 6.06. The SMILES string of the molecule is Cc1cc(=O)c(CN)cn1C12CC3CC(CC(C3)C1)C2. The number of nitrogens with two attached hydrogens (primary N) is 1. The van der Waals surface area contributed by atoms with E-state index in [0.717, 1.165) is 29.0 Å². The summed E-state index contributed by atoms with van der Waals surface area (Å²) in [5.41, 5.74) is 8.03. The molecule has 108 valence electrons. The molecule has 4 aliphatic carbocycles. The van der Waals surface area contributed by atoms with E-state index in [9.17, 15) is 4.79 Å². The molecule has 0 radical (unpaired) electrons. The van der Waals surface area contributed by atoms with Crippen LogP contribution in [0.15, 0.2) is 17.1 Å². The van der Waals surface area contributed by atoms with Gasteiger partial charge in [0.1, 0.15) is 0 Å². The van der Waals surface area contributed by atoms with Gasteiger partial charge in [-0.1, -0.05) is 0 Å². The lowest BCUT2D eigenvalue weighted by molar-refractivity contribution is -0.0443. The minimum Gasteiger partial charge on any atom is -0.345 e. The Morgan fingerprint density at radius 1 is 1.20 bits per heavy atom. The molecule has 4 fully saturated rings. The van der Waals surface area contributed by atoms with Crippen LogP contribution in [0, 0.1) is 24.7 Å². The van der Waals surface area contributed by atoms with Crippen molar-refractivity contribution in [2.24, 2.45) is 23.5 Å². The van der Waals surface area contributed by atoms with Crippen molar-refractivity contribution >= 4 is 0 Å². The van der Waals surface area contributed by atoms with Gasteiger partial charge in [-0.05, 0) is 63.2 Å². The molecule has 5 rings (SSSR count). The van der Waals surface area contributed by atoms with Crippen LogP contribution in [-0.4, -0.2) is 4.57 Å². The smallest absolute Gasteiger partial charge is 0.186 e. The van der Waals surface area contributed by atoms with Crippen molar-refractivity contribution in [1.82, 2.24) is 4.57 Å². The van der Waals surface area contributed by atoms with E-state index < -0.39 is 0 Å². The highest BCUT2D eigenvalue weighted by Crippen LogP contribution is 2.58. The predicted molar refractivity (Wildman–Crippen MR) is 79.5 cm³/mol. The van der Waals surface area contributed by atoms with Crippen molar-refractivity contribution in [3.63, 3.8) is 0 Å². The summed E-state index contributed by atoms with van der Waals surface area (Å²) in [6, 6.07) is 1.79. The standard InChI is InChI=1S/C17H24N2O/c1-11-2-16(20)15(9-18)10-19(11)17-6-12-3-13(7-17)5-14(4-12)8-17/h2,10,12-14H,3-9,18H2,1H3. The Balaban J connectivity index is 1.82. The number of nitrogens with zero attached hydrogens (tertiary/aromatic N) is 1. The molecule has 1 aromatic rings. The minimum absolute atomic E-state index is 0.103. The Morgan fingerprint density at radius 3 is 2.25 bits per heavy atom. The van der Waals surface area contributed by atoms with Gasteiger partial charge in [-0.2, -0.15) is 0 Å².